The zero-order chi connectivity index (χ0) is 30.9. The molecule has 1 fully saturated rings. The Bertz CT molecular complexity index is 1040. The van der Waals surface area contributed by atoms with Crippen LogP contribution < -0.4 is 5.32 Å². The van der Waals surface area contributed by atoms with Crippen molar-refractivity contribution in [2.75, 3.05) is 26.7 Å². The van der Waals surface area contributed by atoms with Crippen LogP contribution in [0.3, 0.4) is 0 Å². The molecule has 1 saturated heterocycles. The first kappa shape index (κ1) is 38.7. The molecular weight excluding hydrogens is 590 g/mol. The Morgan fingerprint density at radius 2 is 1.43 bits per heavy atom. The molecule has 2 aromatic carbocycles. The molecule has 1 amide bonds. The summed E-state index contributed by atoms with van der Waals surface area (Å²) < 4.78 is 0. The maximum atomic E-state index is 13.5. The molecule has 0 spiro atoms. The first-order valence-electron chi connectivity index (χ1n) is 13.8. The molecule has 1 heterocycles. The van der Waals surface area contributed by atoms with E-state index in [1.807, 2.05) is 39.0 Å². The average molecular weight is 637 g/mol. The summed E-state index contributed by atoms with van der Waals surface area (Å²) in [5, 5.41) is 12.0. The predicted octanol–water partition coefficient (Wildman–Crippen LogP) is 8.62. The number of hydrogen-bond donors (Lipinski definition) is 2. The monoisotopic (exact) mass is 634 g/mol. The molecule has 1 aliphatic rings. The van der Waals surface area contributed by atoms with Crippen LogP contribution in [0.2, 0.25) is 20.1 Å². The molecule has 3 rings (SSSR count). The summed E-state index contributed by atoms with van der Waals surface area (Å²) in [4.78, 5) is 25.4. The Labute approximate surface area is 261 Å². The molecule has 0 aromatic heterocycles. The second-order valence-corrected chi connectivity index (χ2v) is 11.4. The maximum absolute atomic E-state index is 13.5. The van der Waals surface area contributed by atoms with Gasteiger partial charge < -0.3 is 20.1 Å². The van der Waals surface area contributed by atoms with Crippen molar-refractivity contribution in [3.63, 3.8) is 0 Å². The zero-order valence-electron chi connectivity index (χ0n) is 24.9. The normalized spacial score (nSPS) is 14.7. The molecule has 40 heavy (non-hydrogen) atoms. The van der Waals surface area contributed by atoms with Crippen molar-refractivity contribution in [3.8, 4) is 0 Å². The lowest BCUT2D eigenvalue weighted by molar-refractivity contribution is -0.126. The highest BCUT2D eigenvalue weighted by Gasteiger charge is 2.36. The molecular formula is C31H46Cl4N2O3. The van der Waals surface area contributed by atoms with Crippen LogP contribution in [-0.4, -0.2) is 48.4 Å². The lowest BCUT2D eigenvalue weighted by Crippen LogP contribution is -2.45. The summed E-state index contributed by atoms with van der Waals surface area (Å²) in [5.74, 6) is 0.938. The van der Waals surface area contributed by atoms with Gasteiger partial charge in [-0.15, -0.1) is 0 Å². The van der Waals surface area contributed by atoms with Crippen molar-refractivity contribution < 1.29 is 14.7 Å². The Balaban J connectivity index is 0.00000171. The van der Waals surface area contributed by atoms with Gasteiger partial charge in [0.25, 0.3) is 0 Å². The highest BCUT2D eigenvalue weighted by Crippen LogP contribution is 2.34. The van der Waals surface area contributed by atoms with Crippen LogP contribution in [0.25, 0.3) is 0 Å². The number of benzene rings is 2. The number of Topliss-reactive ketones (excluding diaryl/α,β-unsaturated/α-hetero) is 1. The minimum atomic E-state index is -0.744. The second kappa shape index (κ2) is 20.5. The van der Waals surface area contributed by atoms with Crippen molar-refractivity contribution in [3.05, 3.63) is 67.6 Å². The van der Waals surface area contributed by atoms with Gasteiger partial charge in [-0.1, -0.05) is 85.7 Å². The minimum Gasteiger partial charge on any atom is -0.400 e. The first-order valence-corrected chi connectivity index (χ1v) is 15.3. The molecule has 0 radical (unpaired) electrons. The molecule has 9 heteroatoms. The lowest BCUT2D eigenvalue weighted by Gasteiger charge is -2.35. The Morgan fingerprint density at radius 1 is 0.925 bits per heavy atom. The molecule has 1 unspecified atom stereocenters. The van der Waals surface area contributed by atoms with Crippen molar-refractivity contribution >= 4 is 58.1 Å². The van der Waals surface area contributed by atoms with Crippen LogP contribution in [0.15, 0.2) is 36.4 Å². The predicted molar refractivity (Wildman–Crippen MR) is 172 cm³/mol. The van der Waals surface area contributed by atoms with E-state index >= 15 is 0 Å². The number of aliphatic hydroxyl groups excluding tert-OH is 1. The van der Waals surface area contributed by atoms with Crippen LogP contribution in [0, 0.1) is 5.92 Å². The van der Waals surface area contributed by atoms with E-state index in [1.54, 1.807) is 18.2 Å². The van der Waals surface area contributed by atoms with Gasteiger partial charge in [0, 0.05) is 13.7 Å². The lowest BCUT2D eigenvalue weighted by atomic mass is 9.78. The van der Waals surface area contributed by atoms with Gasteiger partial charge >= 0.3 is 0 Å². The second-order valence-electron chi connectivity index (χ2n) is 9.74. The average Bonchev–Trinajstić information content (AvgIpc) is 2.95. The first-order chi connectivity index (χ1) is 19.0. The summed E-state index contributed by atoms with van der Waals surface area (Å²) in [6.45, 7) is 14.7. The van der Waals surface area contributed by atoms with Crippen LogP contribution in [0.1, 0.15) is 78.4 Å². The van der Waals surface area contributed by atoms with E-state index < -0.39 is 5.41 Å². The van der Waals surface area contributed by atoms with Gasteiger partial charge in [-0.2, -0.15) is 0 Å². The summed E-state index contributed by atoms with van der Waals surface area (Å²) in [6, 6.07) is 10.9. The fourth-order valence-corrected chi connectivity index (χ4v) is 4.87. The molecule has 0 aliphatic carbocycles. The van der Waals surface area contributed by atoms with E-state index in [0.29, 0.717) is 33.1 Å². The van der Waals surface area contributed by atoms with Gasteiger partial charge in [-0.3, -0.25) is 4.79 Å². The Hall–Kier alpha value is -1.34. The van der Waals surface area contributed by atoms with E-state index in [1.165, 1.54) is 33.1 Å². The number of nitrogens with one attached hydrogen (secondary N) is 1. The number of likely N-dealkylation sites (tertiary alicyclic amines) is 1. The number of carbonyl (C=O) groups excluding carboxylic acids is 2. The van der Waals surface area contributed by atoms with E-state index in [2.05, 4.69) is 17.1 Å². The smallest absolute Gasteiger partial charge is 0.230 e. The van der Waals surface area contributed by atoms with Gasteiger partial charge in [0.2, 0.25) is 5.91 Å². The van der Waals surface area contributed by atoms with Crippen LogP contribution >= 0.6 is 46.4 Å². The number of rotatable bonds is 8. The molecule has 5 nitrogen and oxygen atoms in total. The van der Waals surface area contributed by atoms with Crippen molar-refractivity contribution in [1.82, 2.24) is 10.2 Å². The molecule has 226 valence electrons. The maximum Gasteiger partial charge on any atom is 0.230 e. The van der Waals surface area contributed by atoms with Crippen LogP contribution in [-0.2, 0) is 21.5 Å². The summed E-state index contributed by atoms with van der Waals surface area (Å²) in [7, 11) is 1.00. The molecule has 2 aromatic rings. The Kier molecular flexibility index (Phi) is 19.8. The molecule has 0 bridgehead atoms. The van der Waals surface area contributed by atoms with Gasteiger partial charge in [0.05, 0.1) is 25.5 Å². The number of aliphatic hydroxyl groups is 1. The summed E-state index contributed by atoms with van der Waals surface area (Å²) in [6.07, 6.45) is 4.38. The van der Waals surface area contributed by atoms with E-state index in [4.69, 9.17) is 51.5 Å². The van der Waals surface area contributed by atoms with E-state index in [-0.39, 0.29) is 11.7 Å². The molecule has 0 saturated carbocycles. The number of carbonyl (C=O) groups is 2. The fourth-order valence-electron chi connectivity index (χ4n) is 4.26. The SMILES string of the molecule is CC.CC(C)=O.CCC1CCN(CCC(C)(C(=O)NCc2ccc(Cl)c(Cl)c2)c2ccc(Cl)c(Cl)c2)CC1.CO. The number of halogens is 4. The van der Waals surface area contributed by atoms with Crippen LogP contribution in [0.4, 0.5) is 0 Å². The third kappa shape index (κ3) is 13.1. The number of amides is 1. The third-order valence-corrected chi connectivity index (χ3v) is 8.19. The highest BCUT2D eigenvalue weighted by atomic mass is 35.5. The van der Waals surface area contributed by atoms with Gasteiger partial charge in [-0.05, 0) is 101 Å². The number of ketones is 1. The van der Waals surface area contributed by atoms with Crippen molar-refractivity contribution in [2.24, 2.45) is 5.92 Å². The number of nitrogens with zero attached hydrogens (tertiary/aromatic N) is 1. The fraction of sp³-hybridized carbons (Fsp3) is 0.548. The standard InChI is InChI=1S/C25H30Cl4N2O.C3H6O.C2H6.CH4O/c1-3-17-8-11-31(12-9-17)13-10-25(2,19-5-7-21(27)23(29)15-19)24(32)30-16-18-4-6-20(26)22(28)14-18;1-3(2)4;2*1-2/h4-7,14-15,17H,3,8-13,16H2,1-2H3,(H,30,32);1-2H3;1-2H3;2H,1H3. The summed E-state index contributed by atoms with van der Waals surface area (Å²) in [5.41, 5.74) is 1.01. The van der Waals surface area contributed by atoms with Crippen molar-refractivity contribution in [1.29, 1.82) is 0 Å². The number of piperidine rings is 1. The van der Waals surface area contributed by atoms with Crippen LogP contribution in [0.5, 0.6) is 0 Å². The molecule has 2 N–H and O–H groups in total. The number of hydrogen-bond acceptors (Lipinski definition) is 4. The minimum absolute atomic E-state index is 0.0506. The van der Waals surface area contributed by atoms with Gasteiger partial charge in [0.15, 0.2) is 0 Å². The summed E-state index contributed by atoms with van der Waals surface area (Å²) >= 11 is 24.6. The largest absolute Gasteiger partial charge is 0.400 e. The zero-order valence-corrected chi connectivity index (χ0v) is 27.9. The third-order valence-electron chi connectivity index (χ3n) is 6.71. The highest BCUT2D eigenvalue weighted by molar-refractivity contribution is 6.42. The quantitative estimate of drug-likeness (QED) is 0.305. The Morgan fingerprint density at radius 3 is 1.90 bits per heavy atom. The van der Waals surface area contributed by atoms with Gasteiger partial charge in [-0.25, -0.2) is 0 Å². The molecule has 1 aliphatic heterocycles. The van der Waals surface area contributed by atoms with E-state index in [0.717, 1.165) is 43.8 Å². The van der Waals surface area contributed by atoms with Gasteiger partial charge in [0.1, 0.15) is 5.78 Å². The van der Waals surface area contributed by atoms with E-state index in [9.17, 15) is 9.59 Å². The van der Waals surface area contributed by atoms with Crippen molar-refractivity contribution in [2.45, 2.75) is 79.2 Å². The molecule has 1 atom stereocenters. The topological polar surface area (TPSA) is 69.6 Å².